The van der Waals surface area contributed by atoms with E-state index in [9.17, 15) is 13.2 Å². The average Bonchev–Trinajstić information content (AvgIpc) is 3.16. The van der Waals surface area contributed by atoms with Gasteiger partial charge >= 0.3 is 5.97 Å². The van der Waals surface area contributed by atoms with Crippen LogP contribution in [0.3, 0.4) is 0 Å². The first-order chi connectivity index (χ1) is 10.5. The Hall–Kier alpha value is -1.86. The number of hydrogen-bond donors (Lipinski definition) is 0. The van der Waals surface area contributed by atoms with E-state index in [1.165, 1.54) is 22.8 Å². The second-order valence-corrected chi connectivity index (χ2v) is 8.04. The predicted molar refractivity (Wildman–Crippen MR) is 84.7 cm³/mol. The van der Waals surface area contributed by atoms with Crippen LogP contribution in [0, 0.1) is 0 Å². The molecule has 2 heterocycles. The molecule has 0 fully saturated rings. The maximum atomic E-state index is 12.8. The molecule has 1 aliphatic heterocycles. The highest BCUT2D eigenvalue weighted by atomic mass is 32.2. The molecule has 0 amide bonds. The number of sulfonamides is 1. The molecule has 1 aliphatic rings. The SMILES string of the molecule is COC(=O)CC1CN(S(=O)(=O)c2cccs2)c2ccccc21. The summed E-state index contributed by atoms with van der Waals surface area (Å²) in [5, 5.41) is 1.74. The van der Waals surface area contributed by atoms with Gasteiger partial charge in [0.05, 0.1) is 19.2 Å². The summed E-state index contributed by atoms with van der Waals surface area (Å²) in [6, 6.07) is 10.6. The van der Waals surface area contributed by atoms with Crippen LogP contribution in [0.5, 0.6) is 0 Å². The molecule has 116 valence electrons. The van der Waals surface area contributed by atoms with Crippen LogP contribution in [0.25, 0.3) is 0 Å². The van der Waals surface area contributed by atoms with Crippen LogP contribution in [0.15, 0.2) is 46.0 Å². The number of ether oxygens (including phenoxy) is 1. The van der Waals surface area contributed by atoms with Crippen molar-refractivity contribution in [3.8, 4) is 0 Å². The lowest BCUT2D eigenvalue weighted by molar-refractivity contribution is -0.140. The molecule has 0 bridgehead atoms. The Labute approximate surface area is 133 Å². The zero-order valence-corrected chi connectivity index (χ0v) is 13.6. The van der Waals surface area contributed by atoms with Crippen molar-refractivity contribution in [2.45, 2.75) is 16.5 Å². The largest absolute Gasteiger partial charge is 0.469 e. The van der Waals surface area contributed by atoms with Gasteiger partial charge in [0.2, 0.25) is 0 Å². The van der Waals surface area contributed by atoms with Gasteiger partial charge in [0.15, 0.2) is 0 Å². The molecule has 0 saturated carbocycles. The molecule has 3 rings (SSSR count). The Balaban J connectivity index is 2.00. The van der Waals surface area contributed by atoms with Crippen molar-refractivity contribution >= 4 is 33.0 Å². The van der Waals surface area contributed by atoms with E-state index < -0.39 is 10.0 Å². The van der Waals surface area contributed by atoms with Gasteiger partial charge in [-0.15, -0.1) is 11.3 Å². The Morgan fingerprint density at radius 2 is 2.09 bits per heavy atom. The standard InChI is InChI=1S/C15H15NO4S2/c1-20-14(17)9-11-10-16(13-6-3-2-5-12(11)13)22(18,19)15-7-4-8-21-15/h2-8,11H,9-10H2,1H3. The summed E-state index contributed by atoms with van der Waals surface area (Å²) in [5.74, 6) is -0.520. The van der Waals surface area contributed by atoms with Gasteiger partial charge in [0.25, 0.3) is 10.0 Å². The Morgan fingerprint density at radius 1 is 1.32 bits per heavy atom. The van der Waals surface area contributed by atoms with Crippen molar-refractivity contribution in [3.63, 3.8) is 0 Å². The minimum Gasteiger partial charge on any atom is -0.469 e. The lowest BCUT2D eigenvalue weighted by atomic mass is 9.98. The number of carbonyl (C=O) groups excluding carboxylic acids is 1. The summed E-state index contributed by atoms with van der Waals surface area (Å²) >= 11 is 1.19. The van der Waals surface area contributed by atoms with Crippen LogP contribution in [-0.2, 0) is 19.6 Å². The molecule has 1 atom stereocenters. The van der Waals surface area contributed by atoms with Gasteiger partial charge in [0, 0.05) is 12.5 Å². The fourth-order valence-corrected chi connectivity index (χ4v) is 5.30. The first kappa shape index (κ1) is 15.1. The fraction of sp³-hybridized carbons (Fsp3) is 0.267. The summed E-state index contributed by atoms with van der Waals surface area (Å²) < 4.78 is 32.0. The molecular weight excluding hydrogens is 322 g/mol. The van der Waals surface area contributed by atoms with Crippen LogP contribution >= 0.6 is 11.3 Å². The molecule has 0 N–H and O–H groups in total. The van der Waals surface area contributed by atoms with E-state index in [0.29, 0.717) is 9.90 Å². The average molecular weight is 337 g/mol. The molecule has 0 aliphatic carbocycles. The van der Waals surface area contributed by atoms with Crippen LogP contribution in [-0.4, -0.2) is 28.0 Å². The van der Waals surface area contributed by atoms with Crippen molar-refractivity contribution in [1.82, 2.24) is 0 Å². The zero-order valence-electron chi connectivity index (χ0n) is 11.9. The number of carbonyl (C=O) groups is 1. The minimum atomic E-state index is -3.58. The van der Waals surface area contributed by atoms with Crippen LogP contribution in [0.1, 0.15) is 17.9 Å². The molecule has 2 aromatic rings. The molecule has 22 heavy (non-hydrogen) atoms. The lowest BCUT2D eigenvalue weighted by Crippen LogP contribution is -2.29. The van der Waals surface area contributed by atoms with E-state index in [-0.39, 0.29) is 24.9 Å². The van der Waals surface area contributed by atoms with Gasteiger partial charge in [-0.05, 0) is 23.1 Å². The number of benzene rings is 1. The molecule has 0 radical (unpaired) electrons. The van der Waals surface area contributed by atoms with Crippen LogP contribution in [0.4, 0.5) is 5.69 Å². The highest BCUT2D eigenvalue weighted by molar-refractivity contribution is 7.94. The maximum Gasteiger partial charge on any atom is 0.306 e. The third-order valence-corrected chi connectivity index (χ3v) is 6.86. The van der Waals surface area contributed by atoms with E-state index in [0.717, 1.165) is 5.56 Å². The molecule has 1 aromatic carbocycles. The van der Waals surface area contributed by atoms with Crippen molar-refractivity contribution in [3.05, 3.63) is 47.3 Å². The molecule has 5 nitrogen and oxygen atoms in total. The van der Waals surface area contributed by atoms with Gasteiger partial charge in [-0.25, -0.2) is 8.42 Å². The fourth-order valence-electron chi connectivity index (χ4n) is 2.66. The van der Waals surface area contributed by atoms with Crippen LogP contribution < -0.4 is 4.31 Å². The molecule has 7 heteroatoms. The zero-order chi connectivity index (χ0) is 15.7. The summed E-state index contributed by atoms with van der Waals surface area (Å²) in [4.78, 5) is 11.6. The van der Waals surface area contributed by atoms with Crippen molar-refractivity contribution in [2.24, 2.45) is 0 Å². The topological polar surface area (TPSA) is 63.7 Å². The summed E-state index contributed by atoms with van der Waals surface area (Å²) in [7, 11) is -2.25. The molecule has 1 aromatic heterocycles. The number of esters is 1. The summed E-state index contributed by atoms with van der Waals surface area (Å²) in [5.41, 5.74) is 1.51. The normalized spacial score (nSPS) is 17.3. The highest BCUT2D eigenvalue weighted by Crippen LogP contribution is 2.41. The Kier molecular flexibility index (Phi) is 3.92. The van der Waals surface area contributed by atoms with Crippen molar-refractivity contribution in [1.29, 1.82) is 0 Å². The third-order valence-electron chi connectivity index (χ3n) is 3.71. The lowest BCUT2D eigenvalue weighted by Gasteiger charge is -2.18. The first-order valence-corrected chi connectivity index (χ1v) is 9.08. The summed E-state index contributed by atoms with van der Waals surface area (Å²) in [6.07, 6.45) is 0.171. The van der Waals surface area contributed by atoms with Gasteiger partial charge in [-0.3, -0.25) is 9.10 Å². The number of rotatable bonds is 4. The van der Waals surface area contributed by atoms with E-state index in [2.05, 4.69) is 0 Å². The second-order valence-electron chi connectivity index (χ2n) is 5.00. The number of fused-ring (bicyclic) bond motifs is 1. The van der Waals surface area contributed by atoms with Gasteiger partial charge in [-0.1, -0.05) is 24.3 Å². The van der Waals surface area contributed by atoms with Gasteiger partial charge in [0.1, 0.15) is 4.21 Å². The minimum absolute atomic E-state index is 0.171. The number of anilines is 1. The number of hydrogen-bond acceptors (Lipinski definition) is 5. The molecular formula is C15H15NO4S2. The van der Waals surface area contributed by atoms with Gasteiger partial charge in [-0.2, -0.15) is 0 Å². The number of para-hydroxylation sites is 1. The molecule has 0 spiro atoms. The first-order valence-electron chi connectivity index (χ1n) is 6.76. The Morgan fingerprint density at radius 3 is 2.77 bits per heavy atom. The van der Waals surface area contributed by atoms with E-state index in [4.69, 9.17) is 4.74 Å². The smallest absolute Gasteiger partial charge is 0.306 e. The number of methoxy groups -OCH3 is 1. The van der Waals surface area contributed by atoms with Crippen molar-refractivity contribution in [2.75, 3.05) is 18.0 Å². The molecule has 0 saturated heterocycles. The predicted octanol–water partition coefficient (Wildman–Crippen LogP) is 2.60. The maximum absolute atomic E-state index is 12.8. The van der Waals surface area contributed by atoms with Crippen molar-refractivity contribution < 1.29 is 17.9 Å². The van der Waals surface area contributed by atoms with E-state index in [1.54, 1.807) is 29.6 Å². The third kappa shape index (κ3) is 2.50. The quantitative estimate of drug-likeness (QED) is 0.805. The van der Waals surface area contributed by atoms with Gasteiger partial charge < -0.3 is 4.74 Å². The summed E-state index contributed by atoms with van der Waals surface area (Å²) in [6.45, 7) is 0.259. The second kappa shape index (κ2) is 5.73. The Bertz CT molecular complexity index is 784. The molecule has 1 unspecified atom stereocenters. The van der Waals surface area contributed by atoms with E-state index >= 15 is 0 Å². The van der Waals surface area contributed by atoms with E-state index in [1.807, 2.05) is 12.1 Å². The van der Waals surface area contributed by atoms with Crippen LogP contribution in [0.2, 0.25) is 0 Å². The highest BCUT2D eigenvalue weighted by Gasteiger charge is 2.37. The monoisotopic (exact) mass is 337 g/mol. The number of nitrogens with zero attached hydrogens (tertiary/aromatic N) is 1. The number of thiophene rings is 1.